The second-order valence-corrected chi connectivity index (χ2v) is 11.6. The van der Waals surface area contributed by atoms with E-state index in [0.717, 1.165) is 30.6 Å². The molecule has 0 amide bonds. The van der Waals surface area contributed by atoms with E-state index < -0.39 is 0 Å². The van der Waals surface area contributed by atoms with Crippen LogP contribution in [0.1, 0.15) is 97.9 Å². The molecule has 0 spiro atoms. The number of benzene rings is 2. The lowest BCUT2D eigenvalue weighted by atomic mass is 9.74. The molecule has 3 N–H and O–H groups in total. The summed E-state index contributed by atoms with van der Waals surface area (Å²) >= 11 is 0. The number of fused-ring (bicyclic) bond motifs is 6. The largest absolute Gasteiger partial charge is 0.504 e. The maximum absolute atomic E-state index is 10.1. The Labute approximate surface area is 251 Å². The molecule has 6 rings (SSSR count). The van der Waals surface area contributed by atoms with Crippen molar-refractivity contribution in [2.75, 3.05) is 26.7 Å². The van der Waals surface area contributed by atoms with Crippen molar-refractivity contribution in [3.05, 3.63) is 52.1 Å². The minimum Gasteiger partial charge on any atom is -0.504 e. The van der Waals surface area contributed by atoms with Crippen molar-refractivity contribution < 1.29 is 14.9 Å². The fraction of sp³-hybridized carbons (Fsp3) is 0.625. The molecule has 2 aromatic rings. The minimum atomic E-state index is 0. The third-order valence-electron chi connectivity index (χ3n) is 9.47. The Balaban J connectivity index is 0.000000207. The number of nitrogens with one attached hydrogen (secondary N) is 1. The Hall–Kier alpha value is -1.47. The van der Waals surface area contributed by atoms with Crippen LogP contribution in [0.5, 0.6) is 17.2 Å². The normalized spacial score (nSPS) is 25.2. The molecule has 2 heterocycles. The molecular weight excluding hydrogens is 576 g/mol. The molecule has 0 radical (unpaired) electrons. The zero-order chi connectivity index (χ0) is 25.9. The van der Waals surface area contributed by atoms with Crippen molar-refractivity contribution >= 4 is 29.4 Å². The van der Waals surface area contributed by atoms with E-state index in [-0.39, 0.29) is 40.9 Å². The molecule has 218 valence electrons. The lowest BCUT2D eigenvalue weighted by molar-refractivity contribution is 0.110. The van der Waals surface area contributed by atoms with E-state index >= 15 is 0 Å². The number of unbranched alkanes of at least 4 members (excludes halogenated alkanes) is 1. The Morgan fingerprint density at radius 2 is 1.67 bits per heavy atom. The van der Waals surface area contributed by atoms with Crippen molar-refractivity contribution in [2.24, 2.45) is 0 Å². The molecule has 2 aliphatic heterocycles. The average Bonchev–Trinajstić information content (AvgIpc) is 2.93. The van der Waals surface area contributed by atoms with E-state index in [0.29, 0.717) is 23.9 Å². The zero-order valence-electron chi connectivity index (χ0n) is 23.9. The third-order valence-corrected chi connectivity index (χ3v) is 9.47. The molecule has 4 atom stereocenters. The molecule has 2 fully saturated rings. The fourth-order valence-corrected chi connectivity index (χ4v) is 7.63. The highest BCUT2D eigenvalue weighted by Crippen LogP contribution is 2.46. The first kappa shape index (κ1) is 32.0. The predicted octanol–water partition coefficient (Wildman–Crippen LogP) is 7.18. The predicted molar refractivity (Wildman–Crippen MR) is 168 cm³/mol. The van der Waals surface area contributed by atoms with E-state index in [9.17, 15) is 10.2 Å². The summed E-state index contributed by atoms with van der Waals surface area (Å²) in [6, 6.07) is 9.56. The topological polar surface area (TPSA) is 65.0 Å². The van der Waals surface area contributed by atoms with Crippen LogP contribution in [0.25, 0.3) is 0 Å². The van der Waals surface area contributed by atoms with Gasteiger partial charge in [0.2, 0.25) is 0 Å². The molecule has 0 bridgehead atoms. The number of aromatic hydroxyl groups is 2. The molecule has 2 aromatic carbocycles. The second-order valence-electron chi connectivity index (χ2n) is 11.6. The van der Waals surface area contributed by atoms with Crippen molar-refractivity contribution in [2.45, 2.75) is 102 Å². The van der Waals surface area contributed by atoms with Crippen LogP contribution in [0.2, 0.25) is 0 Å². The Morgan fingerprint density at radius 1 is 0.949 bits per heavy atom. The number of halogens is 2. The summed E-state index contributed by atoms with van der Waals surface area (Å²) in [5.74, 6) is 2.52. The lowest BCUT2D eigenvalue weighted by Gasteiger charge is -2.45. The molecule has 39 heavy (non-hydrogen) atoms. The van der Waals surface area contributed by atoms with Crippen molar-refractivity contribution in [1.29, 1.82) is 0 Å². The Kier molecular flexibility index (Phi) is 11.9. The fourth-order valence-electron chi connectivity index (χ4n) is 7.63. The quantitative estimate of drug-likeness (QED) is 0.315. The van der Waals surface area contributed by atoms with Crippen LogP contribution in [-0.4, -0.2) is 53.9 Å². The minimum absolute atomic E-state index is 0. The number of nitrogens with zero attached hydrogens (tertiary/aromatic N) is 1. The van der Waals surface area contributed by atoms with Gasteiger partial charge in [0.25, 0.3) is 0 Å². The molecule has 0 aromatic heterocycles. The van der Waals surface area contributed by atoms with Gasteiger partial charge < -0.3 is 20.3 Å². The van der Waals surface area contributed by atoms with Crippen LogP contribution in [0.15, 0.2) is 24.3 Å². The van der Waals surface area contributed by atoms with Crippen LogP contribution >= 0.6 is 29.4 Å². The molecule has 2 saturated heterocycles. The summed E-state index contributed by atoms with van der Waals surface area (Å²) in [4.78, 5) is 2.66. The monoisotopic (exact) mass is 622 g/mol. The summed E-state index contributed by atoms with van der Waals surface area (Å²) in [6.45, 7) is 8.01. The number of phenols is 2. The van der Waals surface area contributed by atoms with Crippen molar-refractivity contribution in [3.8, 4) is 17.2 Å². The third kappa shape index (κ3) is 6.55. The smallest absolute Gasteiger partial charge is 0.160 e. The Bertz CT molecular complexity index is 1100. The number of piperidine rings is 2. The SMILES string of the molecule is Br.CCCCN1CCC[C@H]2c3ccc(O)c(O)c3CC[C@H]21.COc1c(C)ccc2c1CC[C@H]1NCCC[C@@H]21.Cl. The van der Waals surface area contributed by atoms with Gasteiger partial charge in [-0.05, 0) is 125 Å². The van der Waals surface area contributed by atoms with Gasteiger partial charge in [0, 0.05) is 17.6 Å². The van der Waals surface area contributed by atoms with E-state index in [1.54, 1.807) is 13.2 Å². The summed E-state index contributed by atoms with van der Waals surface area (Å²) < 4.78 is 5.60. The van der Waals surface area contributed by atoms with Crippen LogP contribution in [0.3, 0.4) is 0 Å². The lowest BCUT2D eigenvalue weighted by Crippen LogP contribution is -2.46. The number of methoxy groups -OCH3 is 1. The van der Waals surface area contributed by atoms with Gasteiger partial charge in [-0.25, -0.2) is 0 Å². The van der Waals surface area contributed by atoms with Gasteiger partial charge in [-0.15, -0.1) is 29.4 Å². The first-order chi connectivity index (χ1) is 18.0. The molecular formula is C32H48BrClN2O3. The van der Waals surface area contributed by atoms with E-state index in [1.165, 1.54) is 86.8 Å². The number of rotatable bonds is 4. The van der Waals surface area contributed by atoms with E-state index in [2.05, 4.69) is 36.2 Å². The summed E-state index contributed by atoms with van der Waals surface area (Å²) in [6.07, 6.45) is 12.0. The maximum Gasteiger partial charge on any atom is 0.160 e. The molecule has 0 unspecified atom stereocenters. The first-order valence-electron chi connectivity index (χ1n) is 14.7. The standard InChI is InChI=1S/C17H25NO2.C15H21NO.BrH.ClH/c1-2-3-10-18-11-4-5-13-12-7-9-16(19)17(20)14(12)6-8-15(13)18;1-10-5-6-11-12-4-3-9-16-14(12)8-7-13(11)15(10)17-2;;/h7,9,13,15,19-20H,2-6,8,10-11H2,1H3;5-6,12,14,16H,3-4,7-9H2,1-2H3;2*1H/t13-,15+;12-,14+;;/m00../s1. The number of phenolic OH excluding ortho intramolecular Hbond substituents is 2. The van der Waals surface area contributed by atoms with Crippen LogP contribution < -0.4 is 10.1 Å². The molecule has 7 heteroatoms. The van der Waals surface area contributed by atoms with Gasteiger partial charge in [-0.3, -0.25) is 4.90 Å². The van der Waals surface area contributed by atoms with E-state index in [1.807, 2.05) is 6.07 Å². The number of hydrogen-bond donors (Lipinski definition) is 3. The maximum atomic E-state index is 10.1. The highest BCUT2D eigenvalue weighted by Gasteiger charge is 2.37. The average molecular weight is 624 g/mol. The van der Waals surface area contributed by atoms with Crippen LogP contribution in [-0.2, 0) is 12.8 Å². The molecule has 0 saturated carbocycles. The highest BCUT2D eigenvalue weighted by molar-refractivity contribution is 8.93. The summed E-state index contributed by atoms with van der Waals surface area (Å²) in [5.41, 5.74) is 6.54. The van der Waals surface area contributed by atoms with Crippen LogP contribution in [0, 0.1) is 6.92 Å². The molecule has 5 nitrogen and oxygen atoms in total. The number of ether oxygens (including phenoxy) is 1. The summed E-state index contributed by atoms with van der Waals surface area (Å²) in [7, 11) is 1.80. The first-order valence-corrected chi connectivity index (χ1v) is 14.7. The zero-order valence-corrected chi connectivity index (χ0v) is 26.4. The van der Waals surface area contributed by atoms with Crippen LogP contribution in [0.4, 0.5) is 0 Å². The molecule has 4 aliphatic rings. The molecule has 2 aliphatic carbocycles. The van der Waals surface area contributed by atoms with Crippen molar-refractivity contribution in [3.63, 3.8) is 0 Å². The second kappa shape index (κ2) is 14.4. The van der Waals surface area contributed by atoms with Gasteiger partial charge in [0.05, 0.1) is 7.11 Å². The van der Waals surface area contributed by atoms with E-state index in [4.69, 9.17) is 4.74 Å². The number of aryl methyl sites for hydroxylation is 1. The van der Waals surface area contributed by atoms with Gasteiger partial charge in [-0.2, -0.15) is 0 Å². The van der Waals surface area contributed by atoms with Gasteiger partial charge >= 0.3 is 0 Å². The number of likely N-dealkylation sites (tertiary alicyclic amines) is 1. The van der Waals surface area contributed by atoms with Gasteiger partial charge in [0.1, 0.15) is 5.75 Å². The summed E-state index contributed by atoms with van der Waals surface area (Å²) in [5, 5.41) is 23.4. The van der Waals surface area contributed by atoms with Gasteiger partial charge in [0.15, 0.2) is 11.5 Å². The van der Waals surface area contributed by atoms with Gasteiger partial charge in [-0.1, -0.05) is 31.5 Å². The van der Waals surface area contributed by atoms with Crippen molar-refractivity contribution in [1.82, 2.24) is 10.2 Å². The number of hydrogen-bond acceptors (Lipinski definition) is 5. The Morgan fingerprint density at radius 3 is 2.44 bits per heavy atom. The highest BCUT2D eigenvalue weighted by atomic mass is 79.9.